The number of nitrogens with two attached hydrogens (primary N) is 1. The highest BCUT2D eigenvalue weighted by atomic mass is 16.5. The number of guanidine groups is 1. The van der Waals surface area contributed by atoms with Gasteiger partial charge >= 0.3 is 0 Å². The summed E-state index contributed by atoms with van der Waals surface area (Å²) in [6.07, 6.45) is 4.67. The molecule has 2 aromatic rings. The summed E-state index contributed by atoms with van der Waals surface area (Å²) in [4.78, 5) is 20.0. The summed E-state index contributed by atoms with van der Waals surface area (Å²) in [5.74, 6) is 1.72. The van der Waals surface area contributed by atoms with Crippen molar-refractivity contribution >= 4 is 11.9 Å². The summed E-state index contributed by atoms with van der Waals surface area (Å²) in [5.41, 5.74) is 7.03. The Morgan fingerprint density at radius 1 is 1.10 bits per heavy atom. The third-order valence-electron chi connectivity index (χ3n) is 7.21. The molecule has 3 aliphatic rings. The molecule has 0 saturated heterocycles. The molecule has 2 spiro atoms. The van der Waals surface area contributed by atoms with Gasteiger partial charge in [-0.05, 0) is 67.5 Å². The first-order valence-electron chi connectivity index (χ1n) is 10.5. The van der Waals surface area contributed by atoms with Crippen LogP contribution < -0.4 is 10.5 Å². The molecule has 0 bridgehead atoms. The van der Waals surface area contributed by atoms with Crippen molar-refractivity contribution in [3.8, 4) is 11.5 Å². The number of carbonyl (C=O) groups is 1. The van der Waals surface area contributed by atoms with E-state index in [1.54, 1.807) is 14.2 Å². The second kappa shape index (κ2) is 6.84. The van der Waals surface area contributed by atoms with Gasteiger partial charge in [-0.1, -0.05) is 24.3 Å². The molecule has 1 unspecified atom stereocenters. The number of benzene rings is 2. The van der Waals surface area contributed by atoms with E-state index in [-0.39, 0.29) is 23.4 Å². The standard InChI is InChI=1S/C24H27N3O3/c1-27-21(28)24(26-22(27)25)20-14-19(30-18-6-4-3-5-7-18)9-8-16(20)15-23(24)12-10-17(29-2)11-13-23/h3-9,14,17H,10-13,15H2,1-2H3,(H2,25,26). The lowest BCUT2D eigenvalue weighted by Crippen LogP contribution is -2.51. The van der Waals surface area contributed by atoms with Crippen LogP contribution in [-0.4, -0.2) is 37.0 Å². The quantitative estimate of drug-likeness (QED) is 0.847. The molecule has 1 saturated carbocycles. The van der Waals surface area contributed by atoms with Crippen LogP contribution in [0.5, 0.6) is 11.5 Å². The van der Waals surface area contributed by atoms with Gasteiger partial charge in [0.25, 0.3) is 5.91 Å². The number of ether oxygens (including phenoxy) is 2. The number of fused-ring (bicyclic) bond motifs is 3. The van der Waals surface area contributed by atoms with Gasteiger partial charge in [0.2, 0.25) is 0 Å². The molecule has 0 radical (unpaired) electrons. The highest BCUT2D eigenvalue weighted by Gasteiger charge is 2.66. The first kappa shape index (κ1) is 19.1. The van der Waals surface area contributed by atoms with Crippen LogP contribution in [0.25, 0.3) is 0 Å². The van der Waals surface area contributed by atoms with E-state index in [2.05, 4.69) is 6.07 Å². The van der Waals surface area contributed by atoms with Crippen LogP contribution >= 0.6 is 0 Å². The zero-order valence-corrected chi connectivity index (χ0v) is 17.4. The molecule has 6 heteroatoms. The maximum Gasteiger partial charge on any atom is 0.262 e. The number of aliphatic imine (C=N–C) groups is 1. The van der Waals surface area contributed by atoms with E-state index in [0.717, 1.165) is 49.0 Å². The van der Waals surface area contributed by atoms with Gasteiger partial charge < -0.3 is 15.2 Å². The van der Waals surface area contributed by atoms with E-state index < -0.39 is 5.54 Å². The Kier molecular flexibility index (Phi) is 4.36. The molecule has 1 fully saturated rings. The first-order chi connectivity index (χ1) is 14.5. The molecule has 30 heavy (non-hydrogen) atoms. The molecule has 156 valence electrons. The largest absolute Gasteiger partial charge is 0.457 e. The lowest BCUT2D eigenvalue weighted by atomic mass is 9.61. The average molecular weight is 405 g/mol. The summed E-state index contributed by atoms with van der Waals surface area (Å²) >= 11 is 0. The van der Waals surface area contributed by atoms with E-state index in [9.17, 15) is 4.79 Å². The predicted molar refractivity (Wildman–Crippen MR) is 114 cm³/mol. The molecule has 2 aromatic carbocycles. The Morgan fingerprint density at radius 3 is 2.47 bits per heavy atom. The van der Waals surface area contributed by atoms with E-state index in [0.29, 0.717) is 5.75 Å². The van der Waals surface area contributed by atoms with Gasteiger partial charge in [-0.2, -0.15) is 0 Å². The minimum absolute atomic E-state index is 0.0357. The maximum atomic E-state index is 13.7. The van der Waals surface area contributed by atoms with Crippen LogP contribution in [0.15, 0.2) is 53.5 Å². The number of hydrogen-bond donors (Lipinski definition) is 1. The molecule has 1 amide bonds. The van der Waals surface area contributed by atoms with E-state index in [1.165, 1.54) is 4.90 Å². The number of likely N-dealkylation sites (N-methyl/N-ethyl adjacent to an activating group) is 1. The lowest BCUT2D eigenvalue weighted by Gasteiger charge is -2.45. The highest BCUT2D eigenvalue weighted by Crippen LogP contribution is 2.62. The molecule has 6 nitrogen and oxygen atoms in total. The van der Waals surface area contributed by atoms with Crippen molar-refractivity contribution in [1.82, 2.24) is 4.90 Å². The Labute approximate surface area is 176 Å². The van der Waals surface area contributed by atoms with Crippen LogP contribution in [0, 0.1) is 5.41 Å². The number of hydrogen-bond acceptors (Lipinski definition) is 5. The van der Waals surface area contributed by atoms with Crippen molar-refractivity contribution < 1.29 is 14.3 Å². The first-order valence-corrected chi connectivity index (χ1v) is 10.5. The summed E-state index contributed by atoms with van der Waals surface area (Å²) < 4.78 is 11.7. The monoisotopic (exact) mass is 405 g/mol. The average Bonchev–Trinajstić information content (AvgIpc) is 3.16. The molecule has 2 aliphatic carbocycles. The van der Waals surface area contributed by atoms with Gasteiger partial charge in [0.1, 0.15) is 11.5 Å². The second-order valence-corrected chi connectivity index (χ2v) is 8.67. The number of rotatable bonds is 3. The number of methoxy groups -OCH3 is 1. The van der Waals surface area contributed by atoms with Crippen molar-refractivity contribution in [2.75, 3.05) is 14.2 Å². The van der Waals surface area contributed by atoms with Crippen molar-refractivity contribution in [1.29, 1.82) is 0 Å². The summed E-state index contributed by atoms with van der Waals surface area (Å²) in [7, 11) is 3.48. The molecule has 5 rings (SSSR count). The van der Waals surface area contributed by atoms with Crippen LogP contribution in [0.2, 0.25) is 0 Å². The molecule has 1 heterocycles. The molecular formula is C24H27N3O3. The lowest BCUT2D eigenvalue weighted by molar-refractivity contribution is -0.137. The zero-order chi connectivity index (χ0) is 20.9. The Bertz CT molecular complexity index is 1010. The molecule has 2 N–H and O–H groups in total. The van der Waals surface area contributed by atoms with Crippen LogP contribution in [0.4, 0.5) is 0 Å². The normalized spacial score (nSPS) is 30.1. The fraction of sp³-hybridized carbons (Fsp3) is 0.417. The van der Waals surface area contributed by atoms with Crippen LogP contribution in [0.1, 0.15) is 36.8 Å². The van der Waals surface area contributed by atoms with Gasteiger partial charge in [-0.15, -0.1) is 0 Å². The Balaban J connectivity index is 1.60. The SMILES string of the molecule is COC1CCC2(CC1)Cc1ccc(Oc3ccccc3)cc1C21N=C(N)N(C)C1=O. The third-order valence-corrected chi connectivity index (χ3v) is 7.21. The van der Waals surface area contributed by atoms with E-state index in [4.69, 9.17) is 20.2 Å². The second-order valence-electron chi connectivity index (χ2n) is 8.67. The Morgan fingerprint density at radius 2 is 1.83 bits per heavy atom. The maximum absolute atomic E-state index is 13.7. The van der Waals surface area contributed by atoms with Crippen molar-refractivity contribution in [3.05, 3.63) is 59.7 Å². The number of nitrogens with zero attached hydrogens (tertiary/aromatic N) is 2. The minimum Gasteiger partial charge on any atom is -0.457 e. The number of amides is 1. The fourth-order valence-corrected chi connectivity index (χ4v) is 5.59. The number of carbonyl (C=O) groups excluding carboxylic acids is 1. The van der Waals surface area contributed by atoms with E-state index in [1.807, 2.05) is 42.5 Å². The summed E-state index contributed by atoms with van der Waals surface area (Å²) in [6, 6.07) is 15.7. The molecular weight excluding hydrogens is 378 g/mol. The van der Waals surface area contributed by atoms with Crippen molar-refractivity contribution in [3.63, 3.8) is 0 Å². The smallest absolute Gasteiger partial charge is 0.262 e. The van der Waals surface area contributed by atoms with Gasteiger partial charge in [0.15, 0.2) is 11.5 Å². The highest BCUT2D eigenvalue weighted by molar-refractivity contribution is 6.08. The van der Waals surface area contributed by atoms with Gasteiger partial charge in [-0.3, -0.25) is 9.69 Å². The fourth-order valence-electron chi connectivity index (χ4n) is 5.59. The van der Waals surface area contributed by atoms with Crippen molar-refractivity contribution in [2.24, 2.45) is 16.1 Å². The minimum atomic E-state index is -0.976. The molecule has 1 aliphatic heterocycles. The Hall–Kier alpha value is -2.86. The van der Waals surface area contributed by atoms with E-state index >= 15 is 0 Å². The number of para-hydroxylation sites is 1. The van der Waals surface area contributed by atoms with Crippen LogP contribution in [0.3, 0.4) is 0 Å². The van der Waals surface area contributed by atoms with Gasteiger partial charge in [0, 0.05) is 19.6 Å². The zero-order valence-electron chi connectivity index (χ0n) is 17.4. The summed E-state index contributed by atoms with van der Waals surface area (Å²) in [5, 5.41) is 0. The molecule has 1 atom stereocenters. The van der Waals surface area contributed by atoms with Gasteiger partial charge in [0.05, 0.1) is 6.10 Å². The predicted octanol–water partition coefficient (Wildman–Crippen LogP) is 3.59. The summed E-state index contributed by atoms with van der Waals surface area (Å²) in [6.45, 7) is 0. The van der Waals surface area contributed by atoms with Crippen molar-refractivity contribution in [2.45, 2.75) is 43.7 Å². The van der Waals surface area contributed by atoms with Crippen LogP contribution in [-0.2, 0) is 21.5 Å². The van der Waals surface area contributed by atoms with Gasteiger partial charge in [-0.25, -0.2) is 4.99 Å². The third kappa shape index (κ3) is 2.59. The topological polar surface area (TPSA) is 77.2 Å². The molecule has 0 aromatic heterocycles.